The fraction of sp³-hybridized carbons (Fsp3) is 0.273. The van der Waals surface area contributed by atoms with Crippen molar-refractivity contribution in [3.8, 4) is 11.1 Å². The molecule has 30 heavy (non-hydrogen) atoms. The normalized spacial score (nSPS) is 14.6. The third-order valence-corrected chi connectivity index (χ3v) is 5.60. The molecule has 1 aliphatic rings. The van der Waals surface area contributed by atoms with Gasteiger partial charge in [-0.25, -0.2) is 4.39 Å². The Morgan fingerprint density at radius 2 is 1.87 bits per heavy atom. The van der Waals surface area contributed by atoms with E-state index in [9.17, 15) is 17.6 Å². The second kappa shape index (κ2) is 6.68. The number of H-pyrrole nitrogens is 1. The first-order chi connectivity index (χ1) is 14.3. The van der Waals surface area contributed by atoms with Gasteiger partial charge in [0.05, 0.1) is 12.1 Å². The number of rotatable bonds is 4. The molecule has 0 bridgehead atoms. The van der Waals surface area contributed by atoms with Crippen LogP contribution in [0.2, 0.25) is 0 Å². The summed E-state index contributed by atoms with van der Waals surface area (Å²) in [6, 6.07) is 8.05. The van der Waals surface area contributed by atoms with Crippen molar-refractivity contribution in [1.29, 1.82) is 0 Å². The molecule has 2 aromatic carbocycles. The first-order valence-electron chi connectivity index (χ1n) is 9.68. The maximum atomic E-state index is 13.9. The van der Waals surface area contributed by atoms with Crippen molar-refractivity contribution < 1.29 is 17.6 Å². The SMILES string of the molecule is Cc1nnc(C2CC2)n1Cc1cc(C(F)(F)F)ccc1-c1c[nH]c2ccc(F)cc12. The van der Waals surface area contributed by atoms with E-state index in [-0.39, 0.29) is 6.54 Å². The lowest BCUT2D eigenvalue weighted by Crippen LogP contribution is -2.10. The number of benzene rings is 2. The van der Waals surface area contributed by atoms with E-state index in [0.29, 0.717) is 33.8 Å². The highest BCUT2D eigenvalue weighted by Gasteiger charge is 2.33. The van der Waals surface area contributed by atoms with Gasteiger partial charge in [-0.3, -0.25) is 0 Å². The number of nitrogens with one attached hydrogen (secondary N) is 1. The Hall–Kier alpha value is -3.16. The highest BCUT2D eigenvalue weighted by molar-refractivity contribution is 5.96. The Morgan fingerprint density at radius 3 is 2.60 bits per heavy atom. The zero-order valence-electron chi connectivity index (χ0n) is 16.1. The topological polar surface area (TPSA) is 46.5 Å². The molecule has 5 rings (SSSR count). The standard InChI is InChI=1S/C22H18F4N4/c1-12-28-29-21(13-2-3-13)30(12)11-14-8-15(22(24,25)26)4-6-17(14)19-10-27-20-7-5-16(23)9-18(19)20/h4-10,13,27H,2-3,11H2,1H3. The van der Waals surface area contributed by atoms with Crippen LogP contribution in [0.1, 0.15) is 41.5 Å². The smallest absolute Gasteiger partial charge is 0.361 e. The highest BCUT2D eigenvalue weighted by Crippen LogP contribution is 2.40. The maximum Gasteiger partial charge on any atom is 0.416 e. The Labute approximate surface area is 169 Å². The maximum absolute atomic E-state index is 13.9. The number of aromatic nitrogens is 4. The summed E-state index contributed by atoms with van der Waals surface area (Å²) in [6.07, 6.45) is -0.733. The van der Waals surface area contributed by atoms with E-state index in [1.54, 1.807) is 19.2 Å². The lowest BCUT2D eigenvalue weighted by molar-refractivity contribution is -0.137. The average Bonchev–Trinajstić information content (AvgIpc) is 3.36. The van der Waals surface area contributed by atoms with Gasteiger partial charge in [-0.2, -0.15) is 13.2 Å². The van der Waals surface area contributed by atoms with Crippen molar-refractivity contribution in [1.82, 2.24) is 19.7 Å². The molecule has 154 valence electrons. The van der Waals surface area contributed by atoms with Gasteiger partial charge in [-0.15, -0.1) is 10.2 Å². The number of aromatic amines is 1. The van der Waals surface area contributed by atoms with Gasteiger partial charge < -0.3 is 9.55 Å². The second-order valence-electron chi connectivity index (χ2n) is 7.73. The number of aryl methyl sites for hydroxylation is 1. The predicted molar refractivity (Wildman–Crippen MR) is 105 cm³/mol. The molecule has 0 aliphatic heterocycles. The van der Waals surface area contributed by atoms with Crippen molar-refractivity contribution in [3.63, 3.8) is 0 Å². The van der Waals surface area contributed by atoms with Crippen LogP contribution >= 0.6 is 0 Å². The van der Waals surface area contributed by atoms with Gasteiger partial charge in [0, 0.05) is 28.6 Å². The van der Waals surface area contributed by atoms with E-state index >= 15 is 0 Å². The molecule has 1 fully saturated rings. The molecule has 4 nitrogen and oxygen atoms in total. The zero-order valence-corrected chi connectivity index (χ0v) is 16.1. The quantitative estimate of drug-likeness (QED) is 0.428. The summed E-state index contributed by atoms with van der Waals surface area (Å²) in [4.78, 5) is 3.08. The van der Waals surface area contributed by atoms with E-state index in [2.05, 4.69) is 15.2 Å². The summed E-state index contributed by atoms with van der Waals surface area (Å²) in [5.41, 5.74) is 1.77. The van der Waals surface area contributed by atoms with Gasteiger partial charge in [-0.05, 0) is 61.2 Å². The van der Waals surface area contributed by atoms with Crippen molar-refractivity contribution in [2.75, 3.05) is 0 Å². The summed E-state index contributed by atoms with van der Waals surface area (Å²) >= 11 is 0. The summed E-state index contributed by atoms with van der Waals surface area (Å²) in [5, 5.41) is 8.99. The number of hydrogen-bond acceptors (Lipinski definition) is 2. The average molecular weight is 414 g/mol. The minimum atomic E-state index is -4.46. The molecule has 8 heteroatoms. The number of halogens is 4. The third-order valence-electron chi connectivity index (χ3n) is 5.60. The molecular formula is C22H18F4N4. The monoisotopic (exact) mass is 414 g/mol. The molecule has 0 atom stereocenters. The molecule has 1 N–H and O–H groups in total. The van der Waals surface area contributed by atoms with Crippen LogP contribution in [-0.4, -0.2) is 19.7 Å². The van der Waals surface area contributed by atoms with Gasteiger partial charge in [0.15, 0.2) is 0 Å². The number of hydrogen-bond donors (Lipinski definition) is 1. The molecule has 1 aliphatic carbocycles. The Morgan fingerprint density at radius 1 is 1.07 bits per heavy atom. The first kappa shape index (κ1) is 18.8. The molecule has 4 aromatic rings. The molecule has 2 heterocycles. The summed E-state index contributed by atoms with van der Waals surface area (Å²) < 4.78 is 56.0. The van der Waals surface area contributed by atoms with Crippen LogP contribution in [0.3, 0.4) is 0 Å². The lowest BCUT2D eigenvalue weighted by Gasteiger charge is -2.16. The fourth-order valence-electron chi connectivity index (χ4n) is 3.89. The number of nitrogens with zero attached hydrogens (tertiary/aromatic N) is 3. The van der Waals surface area contributed by atoms with Crippen LogP contribution in [0.4, 0.5) is 17.6 Å². The molecular weight excluding hydrogens is 396 g/mol. The van der Waals surface area contributed by atoms with Crippen LogP contribution in [-0.2, 0) is 12.7 Å². The van der Waals surface area contributed by atoms with Crippen LogP contribution < -0.4 is 0 Å². The molecule has 0 amide bonds. The van der Waals surface area contributed by atoms with Crippen LogP contribution in [0.25, 0.3) is 22.0 Å². The second-order valence-corrected chi connectivity index (χ2v) is 7.73. The summed E-state index contributed by atoms with van der Waals surface area (Å²) in [5.74, 6) is 1.37. The van der Waals surface area contributed by atoms with Gasteiger partial charge in [-0.1, -0.05) is 6.07 Å². The molecule has 0 saturated heterocycles. The van der Waals surface area contributed by atoms with Gasteiger partial charge in [0.2, 0.25) is 0 Å². The molecule has 2 aromatic heterocycles. The van der Waals surface area contributed by atoms with Crippen LogP contribution in [0, 0.1) is 12.7 Å². The van der Waals surface area contributed by atoms with E-state index < -0.39 is 17.6 Å². The summed E-state index contributed by atoms with van der Waals surface area (Å²) in [6.45, 7) is 2.01. The van der Waals surface area contributed by atoms with Gasteiger partial charge >= 0.3 is 6.18 Å². The van der Waals surface area contributed by atoms with Crippen molar-refractivity contribution in [3.05, 3.63) is 71.2 Å². The third kappa shape index (κ3) is 3.26. The highest BCUT2D eigenvalue weighted by atomic mass is 19.4. The zero-order chi connectivity index (χ0) is 21.0. The van der Waals surface area contributed by atoms with Crippen LogP contribution in [0.5, 0.6) is 0 Å². The molecule has 0 unspecified atom stereocenters. The molecule has 1 saturated carbocycles. The van der Waals surface area contributed by atoms with Crippen LogP contribution in [0.15, 0.2) is 42.6 Å². The van der Waals surface area contributed by atoms with Gasteiger partial charge in [0.25, 0.3) is 0 Å². The lowest BCUT2D eigenvalue weighted by atomic mass is 9.96. The Bertz CT molecular complexity index is 1250. The van der Waals surface area contributed by atoms with E-state index in [1.807, 2.05) is 4.57 Å². The minimum absolute atomic E-state index is 0.214. The minimum Gasteiger partial charge on any atom is -0.361 e. The Balaban J connectivity index is 1.68. The van der Waals surface area contributed by atoms with E-state index in [4.69, 9.17) is 0 Å². The fourth-order valence-corrected chi connectivity index (χ4v) is 3.89. The molecule has 0 radical (unpaired) electrons. The van der Waals surface area contributed by atoms with Crippen molar-refractivity contribution in [2.45, 2.75) is 38.4 Å². The van der Waals surface area contributed by atoms with Gasteiger partial charge in [0.1, 0.15) is 17.5 Å². The van der Waals surface area contributed by atoms with E-state index in [0.717, 1.165) is 30.2 Å². The first-order valence-corrected chi connectivity index (χ1v) is 9.68. The summed E-state index contributed by atoms with van der Waals surface area (Å²) in [7, 11) is 0. The Kier molecular flexibility index (Phi) is 4.20. The number of alkyl halides is 3. The van der Waals surface area contributed by atoms with Crippen molar-refractivity contribution >= 4 is 10.9 Å². The van der Waals surface area contributed by atoms with E-state index in [1.165, 1.54) is 24.3 Å². The number of fused-ring (bicyclic) bond motifs is 1. The largest absolute Gasteiger partial charge is 0.416 e. The van der Waals surface area contributed by atoms with Crippen molar-refractivity contribution in [2.24, 2.45) is 0 Å². The predicted octanol–water partition coefficient (Wildman–Crippen LogP) is 5.82. The molecule has 0 spiro atoms.